The number of fused-ring (bicyclic) bond motifs is 3. The summed E-state index contributed by atoms with van der Waals surface area (Å²) in [5.41, 5.74) is 2.73. The fraction of sp³-hybridized carbons (Fsp3) is 0.263. The molecule has 0 saturated carbocycles. The number of benzene rings is 2. The molecule has 0 aliphatic heterocycles. The summed E-state index contributed by atoms with van der Waals surface area (Å²) >= 11 is 0. The van der Waals surface area contributed by atoms with Crippen molar-refractivity contribution in [1.82, 2.24) is 4.57 Å². The zero-order valence-electron chi connectivity index (χ0n) is 11.6. The first-order valence-electron chi connectivity index (χ1n) is 7.59. The average molecular weight is 261 g/mol. The van der Waals surface area contributed by atoms with Gasteiger partial charge < -0.3 is 4.57 Å². The zero-order valence-corrected chi connectivity index (χ0v) is 11.6. The van der Waals surface area contributed by atoms with Crippen molar-refractivity contribution in [2.75, 3.05) is 0 Å². The molecule has 1 aromatic heterocycles. The highest BCUT2D eigenvalue weighted by atomic mass is 15.0. The SMILES string of the molecule is C1=C[C@@H](n2c3ccccc3c3ccccc32)CCCC1. The minimum absolute atomic E-state index is 0.502. The van der Waals surface area contributed by atoms with Crippen LogP contribution in [0.2, 0.25) is 0 Å². The summed E-state index contributed by atoms with van der Waals surface area (Å²) in [7, 11) is 0. The Morgan fingerprint density at radius 3 is 2.15 bits per heavy atom. The number of para-hydroxylation sites is 2. The lowest BCUT2D eigenvalue weighted by atomic mass is 10.1. The smallest absolute Gasteiger partial charge is 0.0522 e. The molecule has 0 unspecified atom stereocenters. The maximum atomic E-state index is 2.53. The summed E-state index contributed by atoms with van der Waals surface area (Å²) in [5, 5.41) is 2.75. The molecule has 20 heavy (non-hydrogen) atoms. The molecule has 1 atom stereocenters. The maximum Gasteiger partial charge on any atom is 0.0522 e. The predicted molar refractivity (Wildman–Crippen MR) is 86.1 cm³/mol. The normalized spacial score (nSPS) is 19.5. The van der Waals surface area contributed by atoms with Gasteiger partial charge in [-0.3, -0.25) is 0 Å². The van der Waals surface area contributed by atoms with Crippen LogP contribution < -0.4 is 0 Å². The topological polar surface area (TPSA) is 4.93 Å². The summed E-state index contributed by atoms with van der Waals surface area (Å²) in [6.07, 6.45) is 9.89. The van der Waals surface area contributed by atoms with E-state index >= 15 is 0 Å². The molecule has 0 N–H and O–H groups in total. The Morgan fingerprint density at radius 2 is 1.45 bits per heavy atom. The van der Waals surface area contributed by atoms with Crippen molar-refractivity contribution in [2.45, 2.75) is 31.7 Å². The molecule has 1 aliphatic rings. The monoisotopic (exact) mass is 261 g/mol. The lowest BCUT2D eigenvalue weighted by Crippen LogP contribution is -2.05. The lowest BCUT2D eigenvalue weighted by Gasteiger charge is -2.16. The van der Waals surface area contributed by atoms with Crippen LogP contribution in [0.3, 0.4) is 0 Å². The number of hydrogen-bond donors (Lipinski definition) is 0. The number of hydrogen-bond acceptors (Lipinski definition) is 0. The third-order valence-corrected chi connectivity index (χ3v) is 4.43. The highest BCUT2D eigenvalue weighted by molar-refractivity contribution is 6.08. The van der Waals surface area contributed by atoms with Crippen LogP contribution in [0.15, 0.2) is 60.7 Å². The van der Waals surface area contributed by atoms with Gasteiger partial charge >= 0.3 is 0 Å². The van der Waals surface area contributed by atoms with E-state index in [0.29, 0.717) is 6.04 Å². The van der Waals surface area contributed by atoms with E-state index in [1.54, 1.807) is 0 Å². The third-order valence-electron chi connectivity index (χ3n) is 4.43. The molecule has 1 heterocycles. The summed E-state index contributed by atoms with van der Waals surface area (Å²) < 4.78 is 2.53. The first-order chi connectivity index (χ1) is 9.95. The van der Waals surface area contributed by atoms with Crippen molar-refractivity contribution in [3.63, 3.8) is 0 Å². The Balaban J connectivity index is 2.04. The van der Waals surface area contributed by atoms with Gasteiger partial charge in [-0.15, -0.1) is 0 Å². The summed E-state index contributed by atoms with van der Waals surface area (Å²) in [5.74, 6) is 0. The number of allylic oxidation sites excluding steroid dienone is 2. The van der Waals surface area contributed by atoms with Gasteiger partial charge in [0.05, 0.1) is 6.04 Å². The molecule has 2 aromatic carbocycles. The molecule has 0 saturated heterocycles. The van der Waals surface area contributed by atoms with Crippen LogP contribution in [0.4, 0.5) is 0 Å². The van der Waals surface area contributed by atoms with Gasteiger partial charge in [0.1, 0.15) is 0 Å². The molecule has 4 rings (SSSR count). The van der Waals surface area contributed by atoms with Crippen LogP contribution >= 0.6 is 0 Å². The van der Waals surface area contributed by atoms with Crippen LogP contribution in [0, 0.1) is 0 Å². The second-order valence-corrected chi connectivity index (χ2v) is 5.68. The number of rotatable bonds is 1. The largest absolute Gasteiger partial charge is 0.333 e. The van der Waals surface area contributed by atoms with Crippen LogP contribution in [-0.4, -0.2) is 4.57 Å². The van der Waals surface area contributed by atoms with E-state index in [-0.39, 0.29) is 0 Å². The van der Waals surface area contributed by atoms with Gasteiger partial charge in [-0.2, -0.15) is 0 Å². The second kappa shape index (κ2) is 4.82. The summed E-state index contributed by atoms with van der Waals surface area (Å²) in [4.78, 5) is 0. The van der Waals surface area contributed by atoms with Crippen LogP contribution in [0.1, 0.15) is 31.7 Å². The van der Waals surface area contributed by atoms with Crippen molar-refractivity contribution in [2.24, 2.45) is 0 Å². The number of aromatic nitrogens is 1. The van der Waals surface area contributed by atoms with E-state index in [1.807, 2.05) is 0 Å². The van der Waals surface area contributed by atoms with Crippen LogP contribution in [-0.2, 0) is 0 Å². The van der Waals surface area contributed by atoms with Crippen molar-refractivity contribution in [1.29, 1.82) is 0 Å². The molecule has 0 bridgehead atoms. The fourth-order valence-electron chi connectivity index (χ4n) is 3.49. The Morgan fingerprint density at radius 1 is 0.800 bits per heavy atom. The van der Waals surface area contributed by atoms with E-state index in [0.717, 1.165) is 0 Å². The van der Waals surface area contributed by atoms with E-state index in [4.69, 9.17) is 0 Å². The molecule has 1 nitrogen and oxygen atoms in total. The fourth-order valence-corrected chi connectivity index (χ4v) is 3.49. The summed E-state index contributed by atoms with van der Waals surface area (Å²) in [6, 6.07) is 18.1. The standard InChI is InChI=1S/C19H19N/c1-2-4-10-15(9-3-1)20-18-13-7-5-11-16(18)17-12-6-8-14-19(17)20/h3,5-9,11-15H,1-2,4,10H2/t15-/m1/s1. The molecule has 100 valence electrons. The molecule has 1 heteroatoms. The average Bonchev–Trinajstić information content (AvgIpc) is 2.65. The first kappa shape index (κ1) is 11.8. The predicted octanol–water partition coefficient (Wildman–Crippen LogP) is 5.47. The van der Waals surface area contributed by atoms with E-state index < -0.39 is 0 Å². The Bertz CT molecular complexity index is 725. The van der Waals surface area contributed by atoms with Gasteiger partial charge in [-0.1, -0.05) is 55.0 Å². The highest BCUT2D eigenvalue weighted by Gasteiger charge is 2.16. The maximum absolute atomic E-state index is 2.53. The van der Waals surface area contributed by atoms with Gasteiger partial charge in [0, 0.05) is 21.8 Å². The van der Waals surface area contributed by atoms with E-state index in [2.05, 4.69) is 65.3 Å². The molecule has 0 fully saturated rings. The van der Waals surface area contributed by atoms with Gasteiger partial charge in [0.2, 0.25) is 0 Å². The Labute approximate surface area is 119 Å². The third kappa shape index (κ3) is 1.77. The lowest BCUT2D eigenvalue weighted by molar-refractivity contribution is 0.562. The van der Waals surface area contributed by atoms with Gasteiger partial charge in [-0.25, -0.2) is 0 Å². The molecular formula is C19H19N. The Kier molecular flexibility index (Phi) is 2.84. The minimum atomic E-state index is 0.502. The molecule has 3 aromatic rings. The van der Waals surface area contributed by atoms with Gasteiger partial charge in [0.15, 0.2) is 0 Å². The number of nitrogens with zero attached hydrogens (tertiary/aromatic N) is 1. The minimum Gasteiger partial charge on any atom is -0.333 e. The molecular weight excluding hydrogens is 242 g/mol. The van der Waals surface area contributed by atoms with Crippen molar-refractivity contribution in [3.05, 3.63) is 60.7 Å². The van der Waals surface area contributed by atoms with Crippen molar-refractivity contribution >= 4 is 21.8 Å². The summed E-state index contributed by atoms with van der Waals surface area (Å²) in [6.45, 7) is 0. The molecule has 0 spiro atoms. The molecule has 0 amide bonds. The van der Waals surface area contributed by atoms with Crippen molar-refractivity contribution < 1.29 is 0 Å². The van der Waals surface area contributed by atoms with Gasteiger partial charge in [-0.05, 0) is 31.4 Å². The first-order valence-corrected chi connectivity index (χ1v) is 7.59. The van der Waals surface area contributed by atoms with Gasteiger partial charge in [0.25, 0.3) is 0 Å². The Hall–Kier alpha value is -2.02. The van der Waals surface area contributed by atoms with E-state index in [1.165, 1.54) is 47.5 Å². The molecule has 1 aliphatic carbocycles. The zero-order chi connectivity index (χ0) is 13.4. The second-order valence-electron chi connectivity index (χ2n) is 5.68. The van der Waals surface area contributed by atoms with Crippen LogP contribution in [0.25, 0.3) is 21.8 Å². The van der Waals surface area contributed by atoms with Crippen LogP contribution in [0.5, 0.6) is 0 Å². The quantitative estimate of drug-likeness (QED) is 0.512. The van der Waals surface area contributed by atoms with E-state index in [9.17, 15) is 0 Å². The highest BCUT2D eigenvalue weighted by Crippen LogP contribution is 2.34. The van der Waals surface area contributed by atoms with Crippen molar-refractivity contribution in [3.8, 4) is 0 Å². The molecule has 0 radical (unpaired) electrons.